The third-order valence-corrected chi connectivity index (χ3v) is 3.64. The van der Waals surface area contributed by atoms with E-state index >= 15 is 0 Å². The van der Waals surface area contributed by atoms with Crippen LogP contribution in [-0.2, 0) is 10.2 Å². The van der Waals surface area contributed by atoms with Gasteiger partial charge in [0, 0.05) is 6.21 Å². The van der Waals surface area contributed by atoms with Gasteiger partial charge >= 0.3 is 5.97 Å². The van der Waals surface area contributed by atoms with Gasteiger partial charge in [-0.3, -0.25) is 4.99 Å². The lowest BCUT2D eigenvalue weighted by molar-refractivity contribution is -0.144. The summed E-state index contributed by atoms with van der Waals surface area (Å²) in [7, 11) is 0. The van der Waals surface area contributed by atoms with Gasteiger partial charge in [0.25, 0.3) is 0 Å². The number of benzene rings is 2. The Morgan fingerprint density at radius 3 is 2.17 bits per heavy atom. The summed E-state index contributed by atoms with van der Waals surface area (Å²) in [4.78, 5) is 15.2. The first-order valence-corrected chi connectivity index (χ1v) is 7.90. The monoisotopic (exact) mass is 325 g/mol. The molecule has 0 heterocycles. The second-order valence-corrected chi connectivity index (χ2v) is 6.72. The number of carbonyl (C=O) groups is 1. The molecule has 2 rings (SSSR count). The highest BCUT2D eigenvalue weighted by atomic mass is 16.5. The van der Waals surface area contributed by atoms with Crippen LogP contribution < -0.4 is 4.74 Å². The zero-order valence-corrected chi connectivity index (χ0v) is 14.5. The molecule has 0 aliphatic carbocycles. The maximum absolute atomic E-state index is 10.8. The predicted octanol–water partition coefficient (Wildman–Crippen LogP) is 4.59. The maximum atomic E-state index is 10.8. The zero-order chi connectivity index (χ0) is 17.7. The zero-order valence-electron chi connectivity index (χ0n) is 14.5. The van der Waals surface area contributed by atoms with Crippen LogP contribution in [0.5, 0.6) is 5.75 Å². The Kier molecular flexibility index (Phi) is 5.39. The minimum absolute atomic E-state index is 0.130. The van der Waals surface area contributed by atoms with E-state index in [1.165, 1.54) is 12.5 Å². The van der Waals surface area contributed by atoms with Gasteiger partial charge in [0.15, 0.2) is 6.10 Å². The van der Waals surface area contributed by atoms with Crippen molar-refractivity contribution < 1.29 is 14.6 Å². The molecular weight excluding hydrogens is 302 g/mol. The van der Waals surface area contributed by atoms with Crippen LogP contribution >= 0.6 is 0 Å². The summed E-state index contributed by atoms with van der Waals surface area (Å²) in [5.41, 5.74) is 3.22. The highest BCUT2D eigenvalue weighted by molar-refractivity contribution is 5.82. The minimum Gasteiger partial charge on any atom is -0.479 e. The molecule has 0 unspecified atom stereocenters. The number of aliphatic imine (C=N–C) groups is 1. The minimum atomic E-state index is -0.987. The predicted molar refractivity (Wildman–Crippen MR) is 96.6 cm³/mol. The van der Waals surface area contributed by atoms with Crippen molar-refractivity contribution in [2.45, 2.75) is 39.2 Å². The van der Waals surface area contributed by atoms with Crippen molar-refractivity contribution in [2.24, 2.45) is 4.99 Å². The van der Waals surface area contributed by atoms with Crippen LogP contribution in [0.4, 0.5) is 5.69 Å². The Morgan fingerprint density at radius 2 is 1.67 bits per heavy atom. The number of rotatable bonds is 5. The number of ether oxygens (including phenoxy) is 1. The molecule has 24 heavy (non-hydrogen) atoms. The molecule has 0 saturated heterocycles. The van der Waals surface area contributed by atoms with Gasteiger partial charge in [-0.2, -0.15) is 0 Å². The molecule has 0 aliphatic heterocycles. The average Bonchev–Trinajstić information content (AvgIpc) is 2.53. The lowest BCUT2D eigenvalue weighted by Crippen LogP contribution is -2.22. The van der Waals surface area contributed by atoms with Crippen LogP contribution in [0, 0.1) is 0 Å². The summed E-state index contributed by atoms with van der Waals surface area (Å²) in [5, 5.41) is 8.83. The molecule has 1 N–H and O–H groups in total. The smallest absolute Gasteiger partial charge is 0.344 e. The lowest BCUT2D eigenvalue weighted by atomic mass is 9.87. The van der Waals surface area contributed by atoms with Gasteiger partial charge in [0.05, 0.1) is 5.69 Å². The number of aliphatic carboxylic acids is 1. The molecule has 2 aromatic rings. The van der Waals surface area contributed by atoms with Crippen molar-refractivity contribution in [3.8, 4) is 5.75 Å². The van der Waals surface area contributed by atoms with Crippen LogP contribution in [0.15, 0.2) is 53.5 Å². The van der Waals surface area contributed by atoms with E-state index in [4.69, 9.17) is 9.84 Å². The topological polar surface area (TPSA) is 58.9 Å². The normalized spacial score (nSPS) is 13.0. The molecule has 4 nitrogen and oxygen atoms in total. The van der Waals surface area contributed by atoms with Crippen LogP contribution in [0.1, 0.15) is 38.8 Å². The molecule has 0 aliphatic rings. The molecule has 1 atom stereocenters. The highest BCUT2D eigenvalue weighted by Gasteiger charge is 2.13. The van der Waals surface area contributed by atoms with Crippen LogP contribution in [-0.4, -0.2) is 23.4 Å². The van der Waals surface area contributed by atoms with Gasteiger partial charge in [0.2, 0.25) is 0 Å². The maximum Gasteiger partial charge on any atom is 0.344 e. The Morgan fingerprint density at radius 1 is 1.08 bits per heavy atom. The molecule has 0 aromatic heterocycles. The summed E-state index contributed by atoms with van der Waals surface area (Å²) < 4.78 is 5.29. The fourth-order valence-electron chi connectivity index (χ4n) is 2.08. The SMILES string of the molecule is C[C@@H](Oc1ccc(C=Nc2ccc(C(C)(C)C)cc2)cc1)C(=O)O. The van der Waals surface area contributed by atoms with Crippen molar-refractivity contribution in [1.29, 1.82) is 0 Å². The molecule has 0 spiro atoms. The van der Waals surface area contributed by atoms with Gasteiger partial charge < -0.3 is 9.84 Å². The summed E-state index contributed by atoms with van der Waals surface area (Å²) in [6, 6.07) is 15.4. The Bertz CT molecular complexity index is 710. The quantitative estimate of drug-likeness (QED) is 0.818. The summed E-state index contributed by atoms with van der Waals surface area (Å²) >= 11 is 0. The number of carboxylic acid groups (broad SMARTS) is 1. The fraction of sp³-hybridized carbons (Fsp3) is 0.300. The first kappa shape index (κ1) is 17.7. The molecule has 0 bridgehead atoms. The summed E-state index contributed by atoms with van der Waals surface area (Å²) in [6.45, 7) is 8.04. The van der Waals surface area contributed by atoms with Gasteiger partial charge in [-0.15, -0.1) is 0 Å². The van der Waals surface area contributed by atoms with Crippen LogP contribution in [0.3, 0.4) is 0 Å². The van der Waals surface area contributed by atoms with E-state index in [1.54, 1.807) is 18.3 Å². The standard InChI is InChI=1S/C20H23NO3/c1-14(19(22)23)24-18-11-5-15(6-12-18)13-21-17-9-7-16(8-10-17)20(2,3)4/h5-14H,1-4H3,(H,22,23)/t14-/m1/s1. The summed E-state index contributed by atoms with van der Waals surface area (Å²) in [6.07, 6.45) is 0.905. The Hall–Kier alpha value is -2.62. The number of hydrogen-bond acceptors (Lipinski definition) is 3. The molecule has 2 aromatic carbocycles. The van der Waals surface area contributed by atoms with Crippen molar-refractivity contribution >= 4 is 17.9 Å². The fourth-order valence-corrected chi connectivity index (χ4v) is 2.08. The van der Waals surface area contributed by atoms with Gasteiger partial charge in [-0.05, 0) is 59.9 Å². The number of nitrogens with zero attached hydrogens (tertiary/aromatic N) is 1. The largest absolute Gasteiger partial charge is 0.479 e. The first-order chi connectivity index (χ1) is 11.3. The van der Waals surface area contributed by atoms with Crippen molar-refractivity contribution in [3.63, 3.8) is 0 Å². The van der Waals surface area contributed by atoms with E-state index < -0.39 is 12.1 Å². The van der Waals surface area contributed by atoms with Crippen molar-refractivity contribution in [2.75, 3.05) is 0 Å². The molecule has 0 radical (unpaired) electrons. The third kappa shape index (κ3) is 4.95. The second kappa shape index (κ2) is 7.30. The lowest BCUT2D eigenvalue weighted by Gasteiger charge is -2.18. The van der Waals surface area contributed by atoms with E-state index in [1.807, 2.05) is 24.3 Å². The second-order valence-electron chi connectivity index (χ2n) is 6.72. The third-order valence-electron chi connectivity index (χ3n) is 3.64. The van der Waals surface area contributed by atoms with Crippen molar-refractivity contribution in [1.82, 2.24) is 0 Å². The molecule has 126 valence electrons. The number of hydrogen-bond donors (Lipinski definition) is 1. The highest BCUT2D eigenvalue weighted by Crippen LogP contribution is 2.24. The number of carboxylic acids is 1. The Labute approximate surface area is 142 Å². The van der Waals surface area contributed by atoms with E-state index in [-0.39, 0.29) is 5.41 Å². The van der Waals surface area contributed by atoms with Crippen molar-refractivity contribution in [3.05, 3.63) is 59.7 Å². The molecule has 0 saturated carbocycles. The first-order valence-electron chi connectivity index (χ1n) is 7.90. The van der Waals surface area contributed by atoms with Gasteiger partial charge in [0.1, 0.15) is 5.75 Å². The van der Waals surface area contributed by atoms with Crippen LogP contribution in [0.25, 0.3) is 0 Å². The van der Waals surface area contributed by atoms with E-state index in [0.29, 0.717) is 5.75 Å². The van der Waals surface area contributed by atoms with Gasteiger partial charge in [-0.25, -0.2) is 4.79 Å². The summed E-state index contributed by atoms with van der Waals surface area (Å²) in [5.74, 6) is -0.462. The molecular formula is C20H23NO3. The van der Waals surface area contributed by atoms with E-state index in [9.17, 15) is 4.79 Å². The van der Waals surface area contributed by atoms with Gasteiger partial charge in [-0.1, -0.05) is 32.9 Å². The molecule has 0 amide bonds. The van der Waals surface area contributed by atoms with E-state index in [0.717, 1.165) is 11.3 Å². The van der Waals surface area contributed by atoms with Crippen LogP contribution in [0.2, 0.25) is 0 Å². The molecule has 0 fully saturated rings. The average molecular weight is 325 g/mol. The Balaban J connectivity index is 2.03. The van der Waals surface area contributed by atoms with E-state index in [2.05, 4.69) is 37.9 Å². The molecule has 4 heteroatoms.